The van der Waals surface area contributed by atoms with Crippen LogP contribution in [0.5, 0.6) is 0 Å². The zero-order valence-electron chi connectivity index (χ0n) is 17.0. The highest BCUT2D eigenvalue weighted by Crippen LogP contribution is 2.21. The van der Waals surface area contributed by atoms with E-state index < -0.39 is 0 Å². The second kappa shape index (κ2) is 8.55. The summed E-state index contributed by atoms with van der Waals surface area (Å²) in [6, 6.07) is 0.280. The number of nitrogens with one attached hydrogen (secondary N) is 1. The highest BCUT2D eigenvalue weighted by atomic mass is 32.2. The van der Waals surface area contributed by atoms with Crippen LogP contribution in [-0.2, 0) is 25.4 Å². The van der Waals surface area contributed by atoms with E-state index in [0.717, 1.165) is 19.3 Å². The van der Waals surface area contributed by atoms with Crippen molar-refractivity contribution in [1.29, 1.82) is 0 Å². The minimum Gasteiger partial charge on any atom is -0.353 e. The summed E-state index contributed by atoms with van der Waals surface area (Å²) in [5, 5.41) is 3.61. The predicted octanol–water partition coefficient (Wildman–Crippen LogP) is 1.63. The van der Waals surface area contributed by atoms with Crippen LogP contribution in [0.15, 0.2) is 14.7 Å². The Morgan fingerprint density at radius 3 is 2.54 bits per heavy atom. The molecule has 1 aliphatic rings. The molecular weight excluding hydrogens is 378 g/mol. The van der Waals surface area contributed by atoms with E-state index in [2.05, 4.69) is 24.1 Å². The summed E-state index contributed by atoms with van der Waals surface area (Å²) in [7, 11) is 3.38. The average Bonchev–Trinajstić information content (AvgIpc) is 3.25. The lowest BCUT2D eigenvalue weighted by Gasteiger charge is -2.11. The van der Waals surface area contributed by atoms with Gasteiger partial charge in [-0.2, -0.15) is 0 Å². The number of hydrogen-bond acceptors (Lipinski definition) is 5. The maximum absolute atomic E-state index is 12.9. The number of carbonyl (C=O) groups is 1. The highest BCUT2D eigenvalue weighted by Gasteiger charge is 2.21. The smallest absolute Gasteiger partial charge is 0.332 e. The van der Waals surface area contributed by atoms with Crippen LogP contribution in [0.25, 0.3) is 11.2 Å². The fraction of sp³-hybridized carbons (Fsp3) is 0.684. The number of nitrogens with zero attached hydrogens (tertiary/aromatic N) is 4. The number of carbonyl (C=O) groups excluding carboxylic acids is 1. The fourth-order valence-electron chi connectivity index (χ4n) is 3.61. The van der Waals surface area contributed by atoms with Gasteiger partial charge in [-0.05, 0) is 25.2 Å². The third kappa shape index (κ3) is 4.19. The number of aryl methyl sites for hydroxylation is 2. The molecule has 1 saturated carbocycles. The minimum atomic E-state index is -0.355. The van der Waals surface area contributed by atoms with Crippen LogP contribution < -0.4 is 16.6 Å². The van der Waals surface area contributed by atoms with E-state index in [1.165, 1.54) is 33.7 Å². The quantitative estimate of drug-likeness (QED) is 0.705. The number of hydrogen-bond donors (Lipinski definition) is 1. The Morgan fingerprint density at radius 1 is 1.21 bits per heavy atom. The summed E-state index contributed by atoms with van der Waals surface area (Å²) < 4.78 is 4.39. The monoisotopic (exact) mass is 407 g/mol. The second-order valence-corrected chi connectivity index (χ2v) is 8.89. The Balaban J connectivity index is 1.84. The topological polar surface area (TPSA) is 90.9 Å². The normalized spacial score (nSPS) is 15.0. The van der Waals surface area contributed by atoms with E-state index in [-0.39, 0.29) is 29.0 Å². The van der Waals surface area contributed by atoms with Crippen molar-refractivity contribution in [3.8, 4) is 0 Å². The molecule has 0 bridgehead atoms. The van der Waals surface area contributed by atoms with E-state index in [1.54, 1.807) is 18.7 Å². The van der Waals surface area contributed by atoms with Crippen LogP contribution in [0.4, 0.5) is 0 Å². The minimum absolute atomic E-state index is 0.0211. The largest absolute Gasteiger partial charge is 0.353 e. The molecular formula is C19H29N5O3S. The molecule has 1 fully saturated rings. The van der Waals surface area contributed by atoms with Crippen molar-refractivity contribution in [3.05, 3.63) is 20.8 Å². The van der Waals surface area contributed by atoms with Gasteiger partial charge in [0.2, 0.25) is 5.91 Å². The molecule has 0 aliphatic heterocycles. The number of aromatic nitrogens is 4. The third-order valence-electron chi connectivity index (χ3n) is 5.30. The van der Waals surface area contributed by atoms with E-state index in [1.807, 2.05) is 0 Å². The van der Waals surface area contributed by atoms with E-state index in [9.17, 15) is 14.4 Å². The average molecular weight is 408 g/mol. The molecule has 9 heteroatoms. The molecule has 0 radical (unpaired) electrons. The summed E-state index contributed by atoms with van der Waals surface area (Å²) in [5.41, 5.74) is 0.0735. The Labute approximate surface area is 168 Å². The zero-order chi connectivity index (χ0) is 20.4. The first-order valence-corrected chi connectivity index (χ1v) is 10.9. The third-order valence-corrected chi connectivity index (χ3v) is 6.33. The number of amides is 1. The van der Waals surface area contributed by atoms with Crippen LogP contribution in [0, 0.1) is 5.92 Å². The molecule has 1 amide bonds. The standard InChI is InChI=1S/C19H29N5O3S/c1-12(2)9-10-24-17(26)15-16(23(4)19(24)27)21-18(22(15)3)28-11-14(25)20-13-7-5-6-8-13/h12-13H,5-11H2,1-4H3,(H,20,25). The molecule has 2 aromatic rings. The summed E-state index contributed by atoms with van der Waals surface area (Å²) in [5.74, 6) is 0.610. The Hall–Kier alpha value is -2.03. The van der Waals surface area contributed by atoms with E-state index in [0.29, 0.717) is 28.8 Å². The molecule has 0 spiro atoms. The van der Waals surface area contributed by atoms with Crippen molar-refractivity contribution in [2.75, 3.05) is 5.75 Å². The SMILES string of the molecule is CC(C)CCn1c(=O)c2c(nc(SCC(=O)NC3CCCC3)n2C)n(C)c1=O. The van der Waals surface area contributed by atoms with Crippen molar-refractivity contribution in [2.24, 2.45) is 20.0 Å². The zero-order valence-corrected chi connectivity index (χ0v) is 17.8. The number of rotatable bonds is 7. The lowest BCUT2D eigenvalue weighted by Crippen LogP contribution is -2.39. The first-order valence-electron chi connectivity index (χ1n) is 9.88. The summed E-state index contributed by atoms with van der Waals surface area (Å²) in [6.45, 7) is 4.50. The molecule has 0 unspecified atom stereocenters. The maximum atomic E-state index is 12.9. The van der Waals surface area contributed by atoms with Crippen LogP contribution in [0.2, 0.25) is 0 Å². The molecule has 0 aromatic carbocycles. The van der Waals surface area contributed by atoms with Gasteiger partial charge in [0.15, 0.2) is 16.3 Å². The van der Waals surface area contributed by atoms with Gasteiger partial charge in [0.25, 0.3) is 5.56 Å². The molecule has 2 aromatic heterocycles. The highest BCUT2D eigenvalue weighted by molar-refractivity contribution is 7.99. The molecule has 154 valence electrons. The Morgan fingerprint density at radius 2 is 1.89 bits per heavy atom. The first-order chi connectivity index (χ1) is 13.3. The van der Waals surface area contributed by atoms with E-state index in [4.69, 9.17) is 0 Å². The summed E-state index contributed by atoms with van der Waals surface area (Å²) in [4.78, 5) is 42.2. The molecule has 2 heterocycles. The Bertz CT molecular complexity index is 982. The molecule has 1 aliphatic carbocycles. The van der Waals surface area contributed by atoms with Gasteiger partial charge in [-0.15, -0.1) is 0 Å². The summed E-state index contributed by atoms with van der Waals surface area (Å²) in [6.07, 6.45) is 5.17. The molecule has 0 saturated heterocycles. The molecule has 3 rings (SSSR count). The number of thioether (sulfide) groups is 1. The van der Waals surface area contributed by atoms with Gasteiger partial charge in [-0.25, -0.2) is 9.78 Å². The molecule has 28 heavy (non-hydrogen) atoms. The lowest BCUT2D eigenvalue weighted by atomic mass is 10.1. The summed E-state index contributed by atoms with van der Waals surface area (Å²) >= 11 is 1.29. The van der Waals surface area contributed by atoms with Gasteiger partial charge in [-0.1, -0.05) is 38.5 Å². The van der Waals surface area contributed by atoms with Gasteiger partial charge in [0, 0.05) is 26.7 Å². The van der Waals surface area contributed by atoms with Crippen molar-refractivity contribution < 1.29 is 4.79 Å². The maximum Gasteiger partial charge on any atom is 0.332 e. The number of fused-ring (bicyclic) bond motifs is 1. The second-order valence-electron chi connectivity index (χ2n) is 7.94. The number of imidazole rings is 1. The Kier molecular flexibility index (Phi) is 6.32. The predicted molar refractivity (Wildman–Crippen MR) is 111 cm³/mol. The first kappa shape index (κ1) is 20.7. The van der Waals surface area contributed by atoms with Crippen molar-refractivity contribution in [1.82, 2.24) is 24.0 Å². The van der Waals surface area contributed by atoms with Crippen molar-refractivity contribution in [2.45, 2.75) is 63.7 Å². The van der Waals surface area contributed by atoms with Crippen LogP contribution >= 0.6 is 11.8 Å². The fourth-order valence-corrected chi connectivity index (χ4v) is 4.39. The van der Waals surface area contributed by atoms with Crippen LogP contribution in [0.3, 0.4) is 0 Å². The molecule has 1 N–H and O–H groups in total. The van der Waals surface area contributed by atoms with Gasteiger partial charge < -0.3 is 9.88 Å². The van der Waals surface area contributed by atoms with Crippen molar-refractivity contribution in [3.63, 3.8) is 0 Å². The molecule has 0 atom stereocenters. The van der Waals surface area contributed by atoms with Gasteiger partial charge in [-0.3, -0.25) is 18.7 Å². The van der Waals surface area contributed by atoms with Crippen LogP contribution in [-0.4, -0.2) is 36.4 Å². The van der Waals surface area contributed by atoms with Crippen LogP contribution in [0.1, 0.15) is 46.0 Å². The van der Waals surface area contributed by atoms with Crippen molar-refractivity contribution >= 4 is 28.8 Å². The van der Waals surface area contributed by atoms with Gasteiger partial charge in [0.05, 0.1) is 5.75 Å². The van der Waals surface area contributed by atoms with Gasteiger partial charge >= 0.3 is 5.69 Å². The lowest BCUT2D eigenvalue weighted by molar-refractivity contribution is -0.119. The van der Waals surface area contributed by atoms with E-state index >= 15 is 0 Å². The van der Waals surface area contributed by atoms with Gasteiger partial charge in [0.1, 0.15) is 0 Å². The molecule has 8 nitrogen and oxygen atoms in total.